The molecule has 3 aromatic rings. The number of amides is 1. The topological polar surface area (TPSA) is 112 Å². The Kier molecular flexibility index (Phi) is 6.91. The summed E-state index contributed by atoms with van der Waals surface area (Å²) in [5, 5.41) is 16.8. The first-order chi connectivity index (χ1) is 16.6. The van der Waals surface area contributed by atoms with E-state index in [1.807, 2.05) is 36.5 Å². The van der Waals surface area contributed by atoms with Crippen molar-refractivity contribution in [1.82, 2.24) is 25.2 Å². The molecular formula is C24H28N6O3S. The van der Waals surface area contributed by atoms with Crippen LogP contribution in [0.3, 0.4) is 0 Å². The number of pyridine rings is 3. The van der Waals surface area contributed by atoms with Gasteiger partial charge in [-0.05, 0) is 36.2 Å². The van der Waals surface area contributed by atoms with Gasteiger partial charge < -0.3 is 25.4 Å². The summed E-state index contributed by atoms with van der Waals surface area (Å²) in [4.78, 5) is 28.4. The third-order valence-corrected chi connectivity index (χ3v) is 7.32. The number of hydrogen-bond donors (Lipinski definition) is 3. The molecule has 0 aliphatic carbocycles. The average molecular weight is 481 g/mol. The van der Waals surface area contributed by atoms with Gasteiger partial charge in [0.2, 0.25) is 11.8 Å². The Morgan fingerprint density at radius 2 is 2.15 bits per heavy atom. The molecule has 1 saturated heterocycles. The van der Waals surface area contributed by atoms with Crippen LogP contribution in [0.25, 0.3) is 11.0 Å². The van der Waals surface area contributed by atoms with Crippen LogP contribution in [-0.2, 0) is 17.8 Å². The van der Waals surface area contributed by atoms with Crippen LogP contribution in [-0.4, -0.2) is 76.0 Å². The zero-order chi connectivity index (χ0) is 23.5. The summed E-state index contributed by atoms with van der Waals surface area (Å²) in [7, 11) is 1.61. The lowest BCUT2D eigenvalue weighted by molar-refractivity contribution is -0.113. The molecule has 0 radical (unpaired) electrons. The van der Waals surface area contributed by atoms with E-state index in [1.165, 1.54) is 11.8 Å². The molecule has 34 heavy (non-hydrogen) atoms. The Bertz CT molecular complexity index is 1190. The normalized spacial score (nSPS) is 20.4. The standard InChI is InChI=1S/C24H28N6O3S/c1-33-22-5-3-18-23(29-22)15(6-8-26-18)7-9-30-12-16(19(31)13-30)10-25-11-17-2-4-20-24(27-17)28-21(32)14-34-20/h2-6,8,16,19,25,31H,7,9-14H2,1H3,(H,27,28,32)/t16-,19+/m1/s1. The number of β-amino-alcohol motifs (C(OH)–C–C–N with tert-alkyl or cyclic N) is 1. The number of nitrogens with zero attached hydrogens (tertiary/aromatic N) is 4. The van der Waals surface area contributed by atoms with Crippen molar-refractivity contribution in [3.05, 3.63) is 47.8 Å². The Balaban J connectivity index is 1.13. The molecule has 0 saturated carbocycles. The van der Waals surface area contributed by atoms with Crippen molar-refractivity contribution >= 4 is 34.5 Å². The van der Waals surface area contributed by atoms with E-state index in [2.05, 4.69) is 30.5 Å². The number of likely N-dealkylation sites (tertiary alicyclic amines) is 1. The Hall–Kier alpha value is -2.79. The van der Waals surface area contributed by atoms with Crippen LogP contribution < -0.4 is 15.4 Å². The molecule has 5 heterocycles. The van der Waals surface area contributed by atoms with E-state index in [0.717, 1.165) is 46.7 Å². The van der Waals surface area contributed by atoms with Gasteiger partial charge in [0.15, 0.2) is 0 Å². The van der Waals surface area contributed by atoms with Gasteiger partial charge in [-0.1, -0.05) is 0 Å². The van der Waals surface area contributed by atoms with Gasteiger partial charge in [-0.2, -0.15) is 0 Å². The second-order valence-electron chi connectivity index (χ2n) is 8.65. The third kappa shape index (κ3) is 5.15. The summed E-state index contributed by atoms with van der Waals surface area (Å²) in [5.41, 5.74) is 3.73. The van der Waals surface area contributed by atoms with Crippen molar-refractivity contribution in [2.45, 2.75) is 24.0 Å². The maximum Gasteiger partial charge on any atom is 0.235 e. The van der Waals surface area contributed by atoms with Gasteiger partial charge >= 0.3 is 0 Å². The van der Waals surface area contributed by atoms with Gasteiger partial charge in [0.25, 0.3) is 0 Å². The zero-order valence-corrected chi connectivity index (χ0v) is 19.8. The van der Waals surface area contributed by atoms with Crippen LogP contribution in [0.4, 0.5) is 5.82 Å². The SMILES string of the molecule is COc1ccc2nccc(CCN3C[C@@H](CNCc4ccc5c(n4)NC(=O)CS5)[C@@H](O)C3)c2n1. The summed E-state index contributed by atoms with van der Waals surface area (Å²) in [6, 6.07) is 9.74. The Labute approximate surface area is 202 Å². The molecule has 1 amide bonds. The monoisotopic (exact) mass is 480 g/mol. The number of thioether (sulfide) groups is 1. The molecule has 3 N–H and O–H groups in total. The number of anilines is 1. The van der Waals surface area contributed by atoms with Crippen LogP contribution >= 0.6 is 11.8 Å². The van der Waals surface area contributed by atoms with Crippen molar-refractivity contribution in [2.24, 2.45) is 5.92 Å². The highest BCUT2D eigenvalue weighted by molar-refractivity contribution is 8.00. The second kappa shape index (κ2) is 10.2. The molecule has 0 unspecified atom stereocenters. The number of ether oxygens (including phenoxy) is 1. The van der Waals surface area contributed by atoms with Crippen LogP contribution in [0.2, 0.25) is 0 Å². The van der Waals surface area contributed by atoms with Crippen LogP contribution in [0.1, 0.15) is 11.3 Å². The number of methoxy groups -OCH3 is 1. The quantitative estimate of drug-likeness (QED) is 0.443. The van der Waals surface area contributed by atoms with Crippen LogP contribution in [0, 0.1) is 5.92 Å². The van der Waals surface area contributed by atoms with Crippen LogP contribution in [0.5, 0.6) is 5.88 Å². The number of fused-ring (bicyclic) bond motifs is 2. The van der Waals surface area contributed by atoms with E-state index in [4.69, 9.17) is 4.74 Å². The van der Waals surface area contributed by atoms with Gasteiger partial charge in [0.05, 0.1) is 40.6 Å². The van der Waals surface area contributed by atoms with E-state index in [-0.39, 0.29) is 17.9 Å². The highest BCUT2D eigenvalue weighted by Crippen LogP contribution is 2.29. The molecule has 2 aliphatic heterocycles. The average Bonchev–Trinajstić information content (AvgIpc) is 3.21. The predicted octanol–water partition coefficient (Wildman–Crippen LogP) is 1.70. The van der Waals surface area contributed by atoms with Crippen molar-refractivity contribution in [3.8, 4) is 5.88 Å². The molecule has 0 bridgehead atoms. The molecule has 0 aromatic carbocycles. The van der Waals surface area contributed by atoms with Crippen molar-refractivity contribution in [2.75, 3.05) is 44.4 Å². The first-order valence-corrected chi connectivity index (χ1v) is 12.4. The number of hydrogen-bond acceptors (Lipinski definition) is 9. The lowest BCUT2D eigenvalue weighted by Crippen LogP contribution is -2.30. The maximum absolute atomic E-state index is 11.6. The highest BCUT2D eigenvalue weighted by Gasteiger charge is 2.30. The van der Waals surface area contributed by atoms with E-state index >= 15 is 0 Å². The van der Waals surface area contributed by atoms with Gasteiger partial charge in [-0.3, -0.25) is 9.78 Å². The predicted molar refractivity (Wildman–Crippen MR) is 131 cm³/mol. The van der Waals surface area contributed by atoms with E-state index in [0.29, 0.717) is 37.1 Å². The van der Waals surface area contributed by atoms with E-state index in [1.54, 1.807) is 7.11 Å². The minimum absolute atomic E-state index is 0.0149. The van der Waals surface area contributed by atoms with Gasteiger partial charge in [-0.15, -0.1) is 11.8 Å². The Morgan fingerprint density at radius 3 is 3.03 bits per heavy atom. The molecule has 3 aromatic heterocycles. The van der Waals surface area contributed by atoms with E-state index in [9.17, 15) is 9.90 Å². The molecule has 178 valence electrons. The lowest BCUT2D eigenvalue weighted by atomic mass is 10.1. The molecule has 10 heteroatoms. The number of aromatic nitrogens is 3. The number of aliphatic hydroxyl groups excluding tert-OH is 1. The number of nitrogens with one attached hydrogen (secondary N) is 2. The number of carbonyl (C=O) groups excluding carboxylic acids is 1. The van der Waals surface area contributed by atoms with Crippen molar-refractivity contribution < 1.29 is 14.6 Å². The summed E-state index contributed by atoms with van der Waals surface area (Å²) < 4.78 is 5.27. The molecular weight excluding hydrogens is 452 g/mol. The maximum atomic E-state index is 11.6. The van der Waals surface area contributed by atoms with Crippen molar-refractivity contribution in [1.29, 1.82) is 0 Å². The number of aliphatic hydroxyl groups is 1. The molecule has 9 nitrogen and oxygen atoms in total. The first-order valence-electron chi connectivity index (χ1n) is 11.4. The summed E-state index contributed by atoms with van der Waals surface area (Å²) in [5.74, 6) is 1.80. The minimum atomic E-state index is -0.368. The van der Waals surface area contributed by atoms with E-state index < -0.39 is 0 Å². The fraction of sp³-hybridized carbons (Fsp3) is 0.417. The van der Waals surface area contributed by atoms with Crippen LogP contribution in [0.15, 0.2) is 41.4 Å². The van der Waals surface area contributed by atoms with Gasteiger partial charge in [-0.25, -0.2) is 9.97 Å². The largest absolute Gasteiger partial charge is 0.481 e. The fourth-order valence-electron chi connectivity index (χ4n) is 4.47. The molecule has 1 fully saturated rings. The second-order valence-corrected chi connectivity index (χ2v) is 9.66. The molecule has 2 aliphatic rings. The van der Waals surface area contributed by atoms with Crippen molar-refractivity contribution in [3.63, 3.8) is 0 Å². The summed E-state index contributed by atoms with van der Waals surface area (Å²) >= 11 is 1.51. The third-order valence-electron chi connectivity index (χ3n) is 6.28. The smallest absolute Gasteiger partial charge is 0.235 e. The molecule has 2 atom stereocenters. The molecule has 5 rings (SSSR count). The first kappa shape index (κ1) is 23.0. The highest BCUT2D eigenvalue weighted by atomic mass is 32.2. The summed E-state index contributed by atoms with van der Waals surface area (Å²) in [6.07, 6.45) is 2.28. The fourth-order valence-corrected chi connectivity index (χ4v) is 5.22. The number of rotatable bonds is 8. The zero-order valence-electron chi connectivity index (χ0n) is 19.0. The Morgan fingerprint density at radius 1 is 1.24 bits per heavy atom. The van der Waals surface area contributed by atoms with Gasteiger partial charge in [0.1, 0.15) is 5.82 Å². The lowest BCUT2D eigenvalue weighted by Gasteiger charge is -2.17. The molecule has 0 spiro atoms. The van der Waals surface area contributed by atoms with Gasteiger partial charge in [0, 0.05) is 50.9 Å². The summed E-state index contributed by atoms with van der Waals surface area (Å²) in [6.45, 7) is 3.63. The number of carbonyl (C=O) groups is 1. The minimum Gasteiger partial charge on any atom is -0.481 e.